The van der Waals surface area contributed by atoms with E-state index in [-0.39, 0.29) is 15.9 Å². The first-order chi connectivity index (χ1) is 8.00. The van der Waals surface area contributed by atoms with Gasteiger partial charge in [-0.05, 0) is 26.0 Å². The SMILES string of the molecule is Cc1nc(-c2c(F)cccc2F)c(=S)[nH]c1C. The smallest absolute Gasteiger partial charge is 0.135 e. The Bertz CT molecular complexity index is 615. The topological polar surface area (TPSA) is 28.7 Å². The lowest BCUT2D eigenvalue weighted by molar-refractivity contribution is 0.588. The number of H-pyrrole nitrogens is 1. The van der Waals surface area contributed by atoms with Gasteiger partial charge in [-0.2, -0.15) is 0 Å². The average Bonchev–Trinajstić information content (AvgIpc) is 2.25. The van der Waals surface area contributed by atoms with Crippen molar-refractivity contribution < 1.29 is 8.78 Å². The van der Waals surface area contributed by atoms with E-state index in [9.17, 15) is 8.78 Å². The molecule has 1 N–H and O–H groups in total. The first kappa shape index (κ1) is 11.9. The highest BCUT2D eigenvalue weighted by Gasteiger charge is 2.14. The van der Waals surface area contributed by atoms with Gasteiger partial charge in [0.15, 0.2) is 0 Å². The van der Waals surface area contributed by atoms with E-state index < -0.39 is 11.6 Å². The maximum Gasteiger partial charge on any atom is 0.135 e. The standard InChI is InChI=1S/C12H10F2N2S/c1-6-7(2)16-12(17)11(15-6)10-8(13)4-3-5-9(10)14/h3-5H,1-2H3,(H,16,17). The third-order valence-corrected chi connectivity index (χ3v) is 2.83. The lowest BCUT2D eigenvalue weighted by Crippen LogP contribution is -1.99. The summed E-state index contributed by atoms with van der Waals surface area (Å²) in [5.41, 5.74) is 1.40. The molecule has 0 fully saturated rings. The van der Waals surface area contributed by atoms with Gasteiger partial charge in [0.25, 0.3) is 0 Å². The van der Waals surface area contributed by atoms with Crippen molar-refractivity contribution in [1.82, 2.24) is 9.97 Å². The third-order valence-electron chi connectivity index (χ3n) is 2.54. The van der Waals surface area contributed by atoms with Gasteiger partial charge in [0.2, 0.25) is 0 Å². The van der Waals surface area contributed by atoms with Crippen molar-refractivity contribution in [1.29, 1.82) is 0 Å². The molecule has 0 amide bonds. The highest BCUT2D eigenvalue weighted by atomic mass is 32.1. The van der Waals surface area contributed by atoms with Crippen LogP contribution in [-0.4, -0.2) is 9.97 Å². The van der Waals surface area contributed by atoms with Crippen LogP contribution < -0.4 is 0 Å². The highest BCUT2D eigenvalue weighted by molar-refractivity contribution is 7.71. The summed E-state index contributed by atoms with van der Waals surface area (Å²) in [5, 5.41) is 0. The molecule has 0 saturated heterocycles. The van der Waals surface area contributed by atoms with Gasteiger partial charge in [0.05, 0.1) is 11.3 Å². The van der Waals surface area contributed by atoms with Gasteiger partial charge in [-0.3, -0.25) is 0 Å². The summed E-state index contributed by atoms with van der Waals surface area (Å²) in [6.07, 6.45) is 0. The van der Waals surface area contributed by atoms with Crippen LogP contribution in [0.15, 0.2) is 18.2 Å². The van der Waals surface area contributed by atoms with Gasteiger partial charge in [0, 0.05) is 5.69 Å². The summed E-state index contributed by atoms with van der Waals surface area (Å²) in [4.78, 5) is 7.03. The molecule has 5 heteroatoms. The molecule has 1 aromatic heterocycles. The van der Waals surface area contributed by atoms with Crippen LogP contribution in [0.5, 0.6) is 0 Å². The van der Waals surface area contributed by atoms with Crippen molar-refractivity contribution in [3.63, 3.8) is 0 Å². The van der Waals surface area contributed by atoms with Crippen molar-refractivity contribution in [2.45, 2.75) is 13.8 Å². The van der Waals surface area contributed by atoms with Crippen LogP contribution in [0.4, 0.5) is 8.78 Å². The molecule has 0 aliphatic heterocycles. The molecule has 88 valence electrons. The molecule has 0 atom stereocenters. The largest absolute Gasteiger partial charge is 0.347 e. The van der Waals surface area contributed by atoms with Crippen molar-refractivity contribution in [2.75, 3.05) is 0 Å². The van der Waals surface area contributed by atoms with Crippen molar-refractivity contribution in [3.05, 3.63) is 45.9 Å². The number of halogens is 2. The van der Waals surface area contributed by atoms with Crippen molar-refractivity contribution >= 4 is 12.2 Å². The maximum atomic E-state index is 13.6. The Kier molecular flexibility index (Phi) is 3.02. The van der Waals surface area contributed by atoms with E-state index in [1.807, 2.05) is 0 Å². The van der Waals surface area contributed by atoms with Crippen molar-refractivity contribution in [2.24, 2.45) is 0 Å². The zero-order valence-corrected chi connectivity index (χ0v) is 10.2. The Hall–Kier alpha value is -1.62. The zero-order valence-electron chi connectivity index (χ0n) is 9.34. The molecule has 0 aliphatic rings. The minimum absolute atomic E-state index is 0.138. The Balaban J connectivity index is 2.78. The molecule has 0 radical (unpaired) electrons. The van der Waals surface area contributed by atoms with Gasteiger partial charge in [-0.15, -0.1) is 0 Å². The van der Waals surface area contributed by atoms with E-state index in [2.05, 4.69) is 9.97 Å². The number of rotatable bonds is 1. The van der Waals surface area contributed by atoms with Crippen LogP contribution in [0.25, 0.3) is 11.3 Å². The fraction of sp³-hybridized carbons (Fsp3) is 0.167. The second-order valence-electron chi connectivity index (χ2n) is 3.72. The van der Waals surface area contributed by atoms with Gasteiger partial charge < -0.3 is 4.98 Å². The summed E-state index contributed by atoms with van der Waals surface area (Å²) in [6.45, 7) is 3.56. The summed E-state index contributed by atoms with van der Waals surface area (Å²) >= 11 is 5.05. The second kappa shape index (κ2) is 4.33. The number of aromatic nitrogens is 2. The van der Waals surface area contributed by atoms with E-state index in [1.165, 1.54) is 18.2 Å². The number of aromatic amines is 1. The summed E-state index contributed by atoms with van der Waals surface area (Å²) < 4.78 is 27.4. The van der Waals surface area contributed by atoms with Gasteiger partial charge in [-0.1, -0.05) is 18.3 Å². The molecule has 2 aromatic rings. The minimum Gasteiger partial charge on any atom is -0.347 e. The molecular formula is C12H10F2N2S. The molecule has 0 bridgehead atoms. The van der Waals surface area contributed by atoms with E-state index in [0.29, 0.717) is 5.69 Å². The molecular weight excluding hydrogens is 242 g/mol. The second-order valence-corrected chi connectivity index (χ2v) is 4.13. The monoisotopic (exact) mass is 252 g/mol. The number of aryl methyl sites for hydroxylation is 2. The first-order valence-electron chi connectivity index (χ1n) is 5.02. The summed E-state index contributed by atoms with van der Waals surface area (Å²) in [6, 6.07) is 3.68. The molecule has 1 aromatic carbocycles. The van der Waals surface area contributed by atoms with Gasteiger partial charge in [0.1, 0.15) is 22.0 Å². The fourth-order valence-electron chi connectivity index (χ4n) is 1.52. The third kappa shape index (κ3) is 2.10. The van der Waals surface area contributed by atoms with Crippen LogP contribution in [0.2, 0.25) is 0 Å². The fourth-order valence-corrected chi connectivity index (χ4v) is 1.82. The highest BCUT2D eigenvalue weighted by Crippen LogP contribution is 2.25. The van der Waals surface area contributed by atoms with Gasteiger partial charge >= 0.3 is 0 Å². The summed E-state index contributed by atoms with van der Waals surface area (Å²) in [5.74, 6) is -1.33. The number of hydrogen-bond acceptors (Lipinski definition) is 2. The predicted octanol–water partition coefficient (Wildman–Crippen LogP) is 3.70. The molecule has 0 spiro atoms. The Morgan fingerprint density at radius 1 is 1.18 bits per heavy atom. The Morgan fingerprint density at radius 3 is 2.35 bits per heavy atom. The molecule has 0 unspecified atom stereocenters. The zero-order chi connectivity index (χ0) is 12.6. The summed E-state index contributed by atoms with van der Waals surface area (Å²) in [7, 11) is 0. The number of benzene rings is 1. The van der Waals surface area contributed by atoms with Crippen LogP contribution in [0.3, 0.4) is 0 Å². The van der Waals surface area contributed by atoms with Crippen LogP contribution in [0.1, 0.15) is 11.4 Å². The molecule has 0 aliphatic carbocycles. The normalized spacial score (nSPS) is 10.6. The van der Waals surface area contributed by atoms with E-state index in [1.54, 1.807) is 13.8 Å². The molecule has 1 heterocycles. The van der Waals surface area contributed by atoms with Crippen LogP contribution >= 0.6 is 12.2 Å². The quantitative estimate of drug-likeness (QED) is 0.784. The van der Waals surface area contributed by atoms with Crippen LogP contribution in [-0.2, 0) is 0 Å². The first-order valence-corrected chi connectivity index (χ1v) is 5.43. The van der Waals surface area contributed by atoms with Crippen molar-refractivity contribution in [3.8, 4) is 11.3 Å². The molecule has 2 rings (SSSR count). The number of nitrogens with zero attached hydrogens (tertiary/aromatic N) is 1. The molecule has 17 heavy (non-hydrogen) atoms. The van der Waals surface area contributed by atoms with E-state index >= 15 is 0 Å². The lowest BCUT2D eigenvalue weighted by atomic mass is 10.1. The number of nitrogens with one attached hydrogen (secondary N) is 1. The van der Waals surface area contributed by atoms with Gasteiger partial charge in [-0.25, -0.2) is 13.8 Å². The number of hydrogen-bond donors (Lipinski definition) is 1. The predicted molar refractivity (Wildman–Crippen MR) is 64.2 cm³/mol. The molecule has 0 saturated carbocycles. The Labute approximate surface area is 102 Å². The maximum absolute atomic E-state index is 13.6. The average molecular weight is 252 g/mol. The molecule has 2 nitrogen and oxygen atoms in total. The van der Waals surface area contributed by atoms with E-state index in [0.717, 1.165) is 5.69 Å². The van der Waals surface area contributed by atoms with E-state index in [4.69, 9.17) is 12.2 Å². The Morgan fingerprint density at radius 2 is 1.76 bits per heavy atom. The minimum atomic E-state index is -0.666. The lowest BCUT2D eigenvalue weighted by Gasteiger charge is -2.07. The van der Waals surface area contributed by atoms with Crippen LogP contribution in [0, 0.1) is 30.1 Å².